The SMILES string of the molecule is CC(=O)OC[C@@H]1O[C@H](OC(C)=O)[C@@H](OS(=O)(=O)C(F)(F)F)[C@@H](OC(C)=O)[C@H]1OC(C)=O. The van der Waals surface area contributed by atoms with E-state index in [0.29, 0.717) is 0 Å². The van der Waals surface area contributed by atoms with Gasteiger partial charge in [-0.25, -0.2) is 4.18 Å². The Labute approximate surface area is 174 Å². The van der Waals surface area contributed by atoms with Gasteiger partial charge in [-0.15, -0.1) is 0 Å². The van der Waals surface area contributed by atoms with Gasteiger partial charge in [0.25, 0.3) is 0 Å². The molecule has 1 fully saturated rings. The van der Waals surface area contributed by atoms with Gasteiger partial charge in [0.2, 0.25) is 6.29 Å². The predicted molar refractivity (Wildman–Crippen MR) is 88.0 cm³/mol. The molecular formula is C15H19F3O12S. The van der Waals surface area contributed by atoms with Gasteiger partial charge in [0.05, 0.1) is 0 Å². The number of esters is 4. The van der Waals surface area contributed by atoms with Crippen molar-refractivity contribution in [3.05, 3.63) is 0 Å². The molecule has 0 radical (unpaired) electrons. The van der Waals surface area contributed by atoms with Gasteiger partial charge in [-0.3, -0.25) is 19.2 Å². The van der Waals surface area contributed by atoms with Crippen molar-refractivity contribution >= 4 is 34.0 Å². The van der Waals surface area contributed by atoms with Crippen molar-refractivity contribution in [3.63, 3.8) is 0 Å². The number of rotatable bonds is 7. The van der Waals surface area contributed by atoms with E-state index in [1.54, 1.807) is 0 Å². The van der Waals surface area contributed by atoms with E-state index >= 15 is 0 Å². The van der Waals surface area contributed by atoms with Crippen LogP contribution in [-0.2, 0) is 57.2 Å². The Kier molecular flexibility index (Phi) is 8.77. The number of carbonyl (C=O) groups is 4. The van der Waals surface area contributed by atoms with Crippen molar-refractivity contribution in [2.24, 2.45) is 0 Å². The third-order valence-electron chi connectivity index (χ3n) is 3.45. The number of hydrogen-bond donors (Lipinski definition) is 0. The summed E-state index contributed by atoms with van der Waals surface area (Å²) in [6.07, 6.45) is -10.0. The lowest BCUT2D eigenvalue weighted by Crippen LogP contribution is -2.63. The summed E-state index contributed by atoms with van der Waals surface area (Å²) in [5.41, 5.74) is -5.90. The molecule has 0 aliphatic carbocycles. The van der Waals surface area contributed by atoms with Gasteiger partial charge in [0, 0.05) is 27.7 Å². The fourth-order valence-corrected chi connectivity index (χ4v) is 3.04. The van der Waals surface area contributed by atoms with Crippen LogP contribution in [0.15, 0.2) is 0 Å². The number of carbonyl (C=O) groups excluding carboxylic acids is 4. The van der Waals surface area contributed by atoms with Crippen molar-refractivity contribution in [1.82, 2.24) is 0 Å². The molecule has 31 heavy (non-hydrogen) atoms. The van der Waals surface area contributed by atoms with Crippen LogP contribution in [0.1, 0.15) is 27.7 Å². The molecule has 0 bridgehead atoms. The largest absolute Gasteiger partial charge is 0.523 e. The van der Waals surface area contributed by atoms with Crippen LogP contribution in [0, 0.1) is 0 Å². The first kappa shape index (κ1) is 26.6. The summed E-state index contributed by atoms with van der Waals surface area (Å²) < 4.78 is 90.1. The lowest BCUT2D eigenvalue weighted by molar-refractivity contribution is -0.292. The first-order valence-electron chi connectivity index (χ1n) is 8.35. The molecule has 0 aromatic heterocycles. The van der Waals surface area contributed by atoms with E-state index in [-0.39, 0.29) is 0 Å². The molecule has 1 aliphatic heterocycles. The summed E-state index contributed by atoms with van der Waals surface area (Å²) >= 11 is 0. The Morgan fingerprint density at radius 3 is 1.71 bits per heavy atom. The Bertz CT molecular complexity index is 809. The number of alkyl halides is 3. The van der Waals surface area contributed by atoms with E-state index in [2.05, 4.69) is 8.92 Å². The van der Waals surface area contributed by atoms with E-state index in [1.165, 1.54) is 0 Å². The van der Waals surface area contributed by atoms with Crippen LogP contribution in [0.4, 0.5) is 13.2 Å². The highest BCUT2D eigenvalue weighted by Gasteiger charge is 2.58. The van der Waals surface area contributed by atoms with Crippen molar-refractivity contribution in [3.8, 4) is 0 Å². The molecule has 0 amide bonds. The predicted octanol–water partition coefficient (Wildman–Crippen LogP) is -0.0643. The monoisotopic (exact) mass is 480 g/mol. The van der Waals surface area contributed by atoms with E-state index in [9.17, 15) is 40.8 Å². The van der Waals surface area contributed by atoms with E-state index in [0.717, 1.165) is 27.7 Å². The van der Waals surface area contributed by atoms with E-state index in [1.807, 2.05) is 0 Å². The minimum atomic E-state index is -6.32. The average Bonchev–Trinajstić information content (AvgIpc) is 2.56. The third-order valence-corrected chi connectivity index (χ3v) is 4.49. The Hall–Kier alpha value is -2.46. The molecule has 0 unspecified atom stereocenters. The highest BCUT2D eigenvalue weighted by molar-refractivity contribution is 7.87. The molecule has 0 spiro atoms. The number of hydrogen-bond acceptors (Lipinski definition) is 12. The highest BCUT2D eigenvalue weighted by Crippen LogP contribution is 2.34. The smallest absolute Gasteiger partial charge is 0.463 e. The third kappa shape index (κ3) is 7.62. The average molecular weight is 480 g/mol. The van der Waals surface area contributed by atoms with Gasteiger partial charge < -0.3 is 23.7 Å². The second-order valence-electron chi connectivity index (χ2n) is 6.06. The molecule has 1 aliphatic rings. The second-order valence-corrected chi connectivity index (χ2v) is 7.63. The molecule has 0 aromatic rings. The van der Waals surface area contributed by atoms with E-state index < -0.39 is 76.8 Å². The molecule has 0 aromatic carbocycles. The minimum absolute atomic E-state index is 0.693. The Balaban J connectivity index is 3.50. The van der Waals surface area contributed by atoms with Crippen LogP contribution in [0.3, 0.4) is 0 Å². The zero-order valence-corrected chi connectivity index (χ0v) is 17.4. The number of ether oxygens (including phenoxy) is 5. The van der Waals surface area contributed by atoms with E-state index in [4.69, 9.17) is 18.9 Å². The molecule has 178 valence electrons. The summed E-state index contributed by atoms with van der Waals surface area (Å²) in [6, 6.07) is 0. The van der Waals surface area contributed by atoms with Gasteiger partial charge in [-0.2, -0.15) is 21.6 Å². The minimum Gasteiger partial charge on any atom is -0.463 e. The fourth-order valence-electron chi connectivity index (χ4n) is 2.43. The first-order valence-corrected chi connectivity index (χ1v) is 9.76. The summed E-state index contributed by atoms with van der Waals surface area (Å²) in [7, 11) is -6.32. The summed E-state index contributed by atoms with van der Waals surface area (Å²) in [4.78, 5) is 45.5. The normalized spacial score (nSPS) is 26.5. The molecule has 12 nitrogen and oxygen atoms in total. The lowest BCUT2D eigenvalue weighted by Gasteiger charge is -2.43. The standard InChI is InChI=1S/C15H19F3O12S/c1-6(19)25-5-10-11(26-7(2)20)12(27-8(3)21)13(14(29-10)28-9(4)22)30-31(23,24)15(16,17)18/h10-14H,5H2,1-4H3/t10-,11-,12-,13-,14-/m0/s1. The van der Waals surface area contributed by atoms with Crippen LogP contribution in [0.2, 0.25) is 0 Å². The lowest BCUT2D eigenvalue weighted by atomic mass is 9.98. The molecule has 0 saturated carbocycles. The van der Waals surface area contributed by atoms with Crippen LogP contribution >= 0.6 is 0 Å². The van der Waals surface area contributed by atoms with Crippen LogP contribution in [0.5, 0.6) is 0 Å². The first-order chi connectivity index (χ1) is 14.0. The number of halogens is 3. The molecule has 5 atom stereocenters. The second kappa shape index (κ2) is 10.2. The van der Waals surface area contributed by atoms with Gasteiger partial charge in [0.1, 0.15) is 12.7 Å². The molecule has 1 heterocycles. The van der Waals surface area contributed by atoms with Gasteiger partial charge in [-0.05, 0) is 0 Å². The Morgan fingerprint density at radius 2 is 1.29 bits per heavy atom. The molecular weight excluding hydrogens is 461 g/mol. The van der Waals surface area contributed by atoms with Crippen molar-refractivity contribution in [2.75, 3.05) is 6.61 Å². The van der Waals surface area contributed by atoms with Crippen LogP contribution < -0.4 is 0 Å². The van der Waals surface area contributed by atoms with Crippen LogP contribution in [-0.4, -0.2) is 75.1 Å². The highest BCUT2D eigenvalue weighted by atomic mass is 32.2. The quantitative estimate of drug-likeness (QED) is 0.207. The molecule has 1 saturated heterocycles. The zero-order chi connectivity index (χ0) is 24.1. The molecule has 1 rings (SSSR count). The summed E-state index contributed by atoms with van der Waals surface area (Å²) in [5.74, 6) is -4.16. The molecule has 0 N–H and O–H groups in total. The van der Waals surface area contributed by atoms with Gasteiger partial charge >= 0.3 is 39.5 Å². The van der Waals surface area contributed by atoms with Crippen molar-refractivity contribution in [2.45, 2.75) is 63.9 Å². The summed E-state index contributed by atoms with van der Waals surface area (Å²) in [5, 5.41) is 0. The topological polar surface area (TPSA) is 158 Å². The van der Waals surface area contributed by atoms with Gasteiger partial charge in [0.15, 0.2) is 18.3 Å². The van der Waals surface area contributed by atoms with Crippen molar-refractivity contribution in [1.29, 1.82) is 0 Å². The zero-order valence-electron chi connectivity index (χ0n) is 16.5. The van der Waals surface area contributed by atoms with Crippen molar-refractivity contribution < 1.29 is 68.6 Å². The van der Waals surface area contributed by atoms with Crippen LogP contribution in [0.25, 0.3) is 0 Å². The van der Waals surface area contributed by atoms with Gasteiger partial charge in [-0.1, -0.05) is 0 Å². The summed E-state index contributed by atoms with van der Waals surface area (Å²) in [6.45, 7) is 2.82. The Morgan fingerprint density at radius 1 is 0.806 bits per heavy atom. The molecule has 16 heteroatoms. The fraction of sp³-hybridized carbons (Fsp3) is 0.733. The maximum absolute atomic E-state index is 12.8. The maximum Gasteiger partial charge on any atom is 0.523 e. The maximum atomic E-state index is 12.8.